The van der Waals surface area contributed by atoms with E-state index >= 15 is 0 Å². The number of aryl methyl sites for hydroxylation is 1. The molecule has 0 radical (unpaired) electrons. The van der Waals surface area contributed by atoms with Crippen LogP contribution in [-0.4, -0.2) is 28.1 Å². The molecule has 120 valence electrons. The summed E-state index contributed by atoms with van der Waals surface area (Å²) in [5.41, 5.74) is 3.84. The maximum Gasteiger partial charge on any atom is 0.288 e. The Morgan fingerprint density at radius 1 is 1.33 bits per heavy atom. The molecule has 0 saturated heterocycles. The van der Waals surface area contributed by atoms with Crippen molar-refractivity contribution in [3.05, 3.63) is 57.7 Å². The van der Waals surface area contributed by atoms with Crippen LogP contribution >= 0.6 is 0 Å². The number of nitrogens with zero attached hydrogens (tertiary/aromatic N) is 4. The average Bonchev–Trinajstić information content (AvgIpc) is 2.62. The number of aromatic nitrogens is 2. The van der Waals surface area contributed by atoms with Crippen molar-refractivity contribution in [2.45, 2.75) is 13.3 Å². The van der Waals surface area contributed by atoms with Crippen LogP contribution in [0.4, 0.5) is 5.69 Å². The normalized spacial score (nSPS) is 13.9. The molecule has 0 saturated carbocycles. The highest BCUT2D eigenvalue weighted by Gasteiger charge is 2.16. The van der Waals surface area contributed by atoms with E-state index in [0.717, 1.165) is 5.57 Å². The van der Waals surface area contributed by atoms with Gasteiger partial charge >= 0.3 is 0 Å². The molecule has 0 spiro atoms. The van der Waals surface area contributed by atoms with Gasteiger partial charge in [-0.3, -0.25) is 20.1 Å². The molecule has 3 heterocycles. The lowest BCUT2D eigenvalue weighted by atomic mass is 9.98. The van der Waals surface area contributed by atoms with E-state index in [-0.39, 0.29) is 5.69 Å². The molecular weight excluding hydrogens is 308 g/mol. The van der Waals surface area contributed by atoms with Crippen LogP contribution in [-0.2, 0) is 4.74 Å². The van der Waals surface area contributed by atoms with Gasteiger partial charge in [0.1, 0.15) is 12.3 Å². The maximum atomic E-state index is 11.0. The number of ether oxygens (including phenoxy) is 1. The highest BCUT2D eigenvalue weighted by molar-refractivity contribution is 5.74. The zero-order valence-electron chi connectivity index (χ0n) is 13.0. The van der Waals surface area contributed by atoms with Crippen molar-refractivity contribution < 1.29 is 9.66 Å². The van der Waals surface area contributed by atoms with Crippen LogP contribution in [0.15, 0.2) is 30.6 Å². The molecule has 0 atom stereocenters. The first-order valence-electron chi connectivity index (χ1n) is 7.39. The van der Waals surface area contributed by atoms with Gasteiger partial charge in [-0.2, -0.15) is 5.26 Å². The van der Waals surface area contributed by atoms with Crippen LogP contribution < -0.4 is 0 Å². The van der Waals surface area contributed by atoms with Gasteiger partial charge in [-0.25, -0.2) is 0 Å². The Labute approximate surface area is 138 Å². The minimum absolute atomic E-state index is 0.0923. The molecule has 2 aromatic rings. The van der Waals surface area contributed by atoms with Gasteiger partial charge in [0.05, 0.1) is 29.4 Å². The summed E-state index contributed by atoms with van der Waals surface area (Å²) < 4.78 is 5.28. The SMILES string of the molecule is Cc1ncc([N+](=O)[O-])cc1-c1cnc(C2=CCOCC2)c(C#N)c1. The molecular formula is C17H14N4O3. The van der Waals surface area contributed by atoms with Crippen LogP contribution in [0, 0.1) is 28.4 Å². The Morgan fingerprint density at radius 3 is 2.83 bits per heavy atom. The van der Waals surface area contributed by atoms with Crippen molar-refractivity contribution in [1.82, 2.24) is 9.97 Å². The molecule has 7 nitrogen and oxygen atoms in total. The highest BCUT2D eigenvalue weighted by Crippen LogP contribution is 2.29. The quantitative estimate of drug-likeness (QED) is 0.635. The van der Waals surface area contributed by atoms with Gasteiger partial charge in [0.2, 0.25) is 0 Å². The Morgan fingerprint density at radius 2 is 2.17 bits per heavy atom. The molecule has 0 fully saturated rings. The van der Waals surface area contributed by atoms with E-state index in [4.69, 9.17) is 4.74 Å². The van der Waals surface area contributed by atoms with Crippen molar-refractivity contribution in [2.24, 2.45) is 0 Å². The van der Waals surface area contributed by atoms with Crippen LogP contribution in [0.2, 0.25) is 0 Å². The Bertz CT molecular complexity index is 884. The van der Waals surface area contributed by atoms with Crippen molar-refractivity contribution in [2.75, 3.05) is 13.2 Å². The van der Waals surface area contributed by atoms with Gasteiger partial charge < -0.3 is 4.74 Å². The monoisotopic (exact) mass is 322 g/mol. The molecule has 0 unspecified atom stereocenters. The summed E-state index contributed by atoms with van der Waals surface area (Å²) in [6.07, 6.45) is 5.48. The summed E-state index contributed by atoms with van der Waals surface area (Å²) in [6, 6.07) is 5.31. The molecule has 1 aliphatic rings. The van der Waals surface area contributed by atoms with Crippen LogP contribution in [0.25, 0.3) is 16.7 Å². The Hall–Kier alpha value is -3.11. The lowest BCUT2D eigenvalue weighted by molar-refractivity contribution is -0.385. The molecule has 2 aromatic heterocycles. The second-order valence-corrected chi connectivity index (χ2v) is 5.37. The van der Waals surface area contributed by atoms with Gasteiger partial charge in [-0.15, -0.1) is 0 Å². The second-order valence-electron chi connectivity index (χ2n) is 5.37. The zero-order chi connectivity index (χ0) is 17.1. The summed E-state index contributed by atoms with van der Waals surface area (Å²) in [4.78, 5) is 19.0. The average molecular weight is 322 g/mol. The van der Waals surface area contributed by atoms with E-state index in [0.29, 0.717) is 47.7 Å². The lowest BCUT2D eigenvalue weighted by Gasteiger charge is -2.14. The molecule has 7 heteroatoms. The topological polar surface area (TPSA) is 102 Å². The van der Waals surface area contributed by atoms with E-state index in [1.807, 2.05) is 6.08 Å². The number of nitro groups is 1. The summed E-state index contributed by atoms with van der Waals surface area (Å²) >= 11 is 0. The van der Waals surface area contributed by atoms with Crippen molar-refractivity contribution in [3.63, 3.8) is 0 Å². The third kappa shape index (κ3) is 3.00. The van der Waals surface area contributed by atoms with E-state index in [2.05, 4.69) is 16.0 Å². The first-order valence-corrected chi connectivity index (χ1v) is 7.39. The van der Waals surface area contributed by atoms with Gasteiger partial charge in [0.25, 0.3) is 5.69 Å². The summed E-state index contributed by atoms with van der Waals surface area (Å²) in [7, 11) is 0. The molecule has 3 rings (SSSR count). The van der Waals surface area contributed by atoms with Crippen molar-refractivity contribution in [3.8, 4) is 17.2 Å². The fraction of sp³-hybridized carbons (Fsp3) is 0.235. The second kappa shape index (κ2) is 6.56. The molecule has 0 N–H and O–H groups in total. The van der Waals surface area contributed by atoms with Crippen LogP contribution in [0.5, 0.6) is 0 Å². The predicted molar refractivity (Wildman–Crippen MR) is 87.0 cm³/mol. The van der Waals surface area contributed by atoms with Crippen LogP contribution in [0.3, 0.4) is 0 Å². The molecule has 1 aliphatic heterocycles. The third-order valence-electron chi connectivity index (χ3n) is 3.87. The van der Waals surface area contributed by atoms with E-state index in [1.165, 1.54) is 12.3 Å². The highest BCUT2D eigenvalue weighted by atomic mass is 16.6. The first-order chi connectivity index (χ1) is 11.6. The number of rotatable bonds is 3. The number of hydrogen-bond donors (Lipinski definition) is 0. The van der Waals surface area contributed by atoms with Gasteiger partial charge in [0, 0.05) is 29.1 Å². The zero-order valence-corrected chi connectivity index (χ0v) is 13.0. The number of hydrogen-bond acceptors (Lipinski definition) is 6. The van der Waals surface area contributed by atoms with Crippen LogP contribution in [0.1, 0.15) is 23.4 Å². The van der Waals surface area contributed by atoms with Gasteiger partial charge in [-0.1, -0.05) is 6.08 Å². The molecule has 0 aliphatic carbocycles. The standard InChI is InChI=1S/C17H14N4O3/c1-11-16(7-15(10-19-11)21(22)23)14-6-13(8-18)17(20-9-14)12-2-4-24-5-3-12/h2,6-7,9-10H,3-5H2,1H3. The van der Waals surface area contributed by atoms with Crippen molar-refractivity contribution >= 4 is 11.3 Å². The molecule has 0 amide bonds. The maximum absolute atomic E-state index is 11.0. The van der Waals surface area contributed by atoms with E-state index in [9.17, 15) is 15.4 Å². The predicted octanol–water partition coefficient (Wildman–Crippen LogP) is 3.04. The largest absolute Gasteiger partial charge is 0.377 e. The Balaban J connectivity index is 2.08. The van der Waals surface area contributed by atoms with Gasteiger partial charge in [0.15, 0.2) is 0 Å². The molecule has 0 aromatic carbocycles. The van der Waals surface area contributed by atoms with Crippen molar-refractivity contribution in [1.29, 1.82) is 5.26 Å². The fourth-order valence-electron chi connectivity index (χ4n) is 2.61. The lowest BCUT2D eigenvalue weighted by Crippen LogP contribution is -2.06. The summed E-state index contributed by atoms with van der Waals surface area (Å²) in [5.74, 6) is 0. The first kappa shape index (κ1) is 15.8. The summed E-state index contributed by atoms with van der Waals surface area (Å²) in [6.45, 7) is 2.88. The molecule has 0 bridgehead atoms. The number of nitriles is 1. The van der Waals surface area contributed by atoms with Gasteiger partial charge in [-0.05, 0) is 25.0 Å². The fourth-order valence-corrected chi connectivity index (χ4v) is 2.61. The summed E-state index contributed by atoms with van der Waals surface area (Å²) in [5, 5.41) is 20.4. The number of pyridine rings is 2. The minimum atomic E-state index is -0.490. The minimum Gasteiger partial charge on any atom is -0.377 e. The molecule has 24 heavy (non-hydrogen) atoms. The van der Waals surface area contributed by atoms with E-state index < -0.39 is 4.92 Å². The third-order valence-corrected chi connectivity index (χ3v) is 3.87. The van der Waals surface area contributed by atoms with E-state index in [1.54, 1.807) is 19.2 Å². The Kier molecular flexibility index (Phi) is 4.31. The smallest absolute Gasteiger partial charge is 0.288 e.